The van der Waals surface area contributed by atoms with Gasteiger partial charge in [-0.15, -0.1) is 0 Å². The van der Waals surface area contributed by atoms with Crippen molar-refractivity contribution in [2.24, 2.45) is 28.1 Å². The van der Waals surface area contributed by atoms with Gasteiger partial charge < -0.3 is 21.2 Å². The van der Waals surface area contributed by atoms with Gasteiger partial charge in [0.25, 0.3) is 0 Å². The van der Waals surface area contributed by atoms with Crippen molar-refractivity contribution in [3.63, 3.8) is 0 Å². The van der Waals surface area contributed by atoms with Crippen LogP contribution in [0.15, 0.2) is 59.9 Å². The van der Waals surface area contributed by atoms with E-state index in [9.17, 15) is 35.9 Å². The van der Waals surface area contributed by atoms with Crippen LogP contribution in [0.25, 0.3) is 0 Å². The average Bonchev–Trinajstić information content (AvgIpc) is 3.66. The first-order chi connectivity index (χ1) is 20.2. The molecule has 2 aliphatic carbocycles. The van der Waals surface area contributed by atoms with Crippen LogP contribution >= 0.6 is 0 Å². The topological polar surface area (TPSA) is 73.9 Å². The van der Waals surface area contributed by atoms with Gasteiger partial charge in [-0.05, 0) is 105 Å². The molecular formula is C31H35F7N4O. The van der Waals surface area contributed by atoms with E-state index in [4.69, 9.17) is 5.73 Å². The maximum Gasteiger partial charge on any atom is 0.416 e. The summed E-state index contributed by atoms with van der Waals surface area (Å²) in [5.41, 5.74) is 4.19. The van der Waals surface area contributed by atoms with Crippen molar-refractivity contribution in [2.45, 2.75) is 69.4 Å². The highest BCUT2D eigenvalue weighted by molar-refractivity contribution is 5.85. The first kappa shape index (κ1) is 31.2. The smallest absolute Gasteiger partial charge is 0.409 e. The number of nitrogens with zero attached hydrogens (tertiary/aromatic N) is 2. The van der Waals surface area contributed by atoms with Gasteiger partial charge in [-0.25, -0.2) is 4.39 Å². The number of amidine groups is 1. The van der Waals surface area contributed by atoms with Crippen LogP contribution < -0.4 is 11.1 Å². The van der Waals surface area contributed by atoms with Crippen LogP contribution in [0.2, 0.25) is 0 Å². The van der Waals surface area contributed by atoms with Gasteiger partial charge in [-0.1, -0.05) is 23.9 Å². The average molecular weight is 613 g/mol. The van der Waals surface area contributed by atoms with E-state index in [1.807, 2.05) is 12.1 Å². The summed E-state index contributed by atoms with van der Waals surface area (Å²) >= 11 is 0. The number of hydrogen-bond acceptors (Lipinski definition) is 4. The van der Waals surface area contributed by atoms with Crippen molar-refractivity contribution in [1.29, 1.82) is 0 Å². The Bertz CT molecular complexity index is 1320. The third kappa shape index (κ3) is 6.63. The number of rotatable bonds is 8. The molecule has 4 N–H and O–H groups in total. The zero-order valence-electron chi connectivity index (χ0n) is 23.5. The molecule has 2 aromatic rings. The van der Waals surface area contributed by atoms with Gasteiger partial charge in [0.2, 0.25) is 0 Å². The zero-order valence-corrected chi connectivity index (χ0v) is 23.5. The van der Waals surface area contributed by atoms with Gasteiger partial charge in [-0.3, -0.25) is 0 Å². The summed E-state index contributed by atoms with van der Waals surface area (Å²) in [4.78, 5) is 2.43. The van der Waals surface area contributed by atoms with Crippen molar-refractivity contribution >= 4 is 5.84 Å². The summed E-state index contributed by atoms with van der Waals surface area (Å²) in [6.07, 6.45) is -5.14. The lowest BCUT2D eigenvalue weighted by Gasteiger charge is -2.38. The van der Waals surface area contributed by atoms with Crippen LogP contribution in [0.4, 0.5) is 30.7 Å². The molecule has 5 rings (SSSR count). The molecule has 4 atom stereocenters. The second kappa shape index (κ2) is 11.7. The quantitative estimate of drug-likeness (QED) is 0.0965. The first-order valence-electron chi connectivity index (χ1n) is 14.4. The first-order valence-corrected chi connectivity index (χ1v) is 14.4. The van der Waals surface area contributed by atoms with Crippen LogP contribution in [0.1, 0.15) is 66.7 Å². The summed E-state index contributed by atoms with van der Waals surface area (Å²) in [6, 6.07) is 8.37. The molecule has 0 amide bonds. The number of nitrogens with two attached hydrogens (primary N) is 1. The zero-order chi connectivity index (χ0) is 31.2. The summed E-state index contributed by atoms with van der Waals surface area (Å²) in [6.45, 7) is 5.67. The fraction of sp³-hybridized carbons (Fsp3) is 0.516. The molecule has 0 bridgehead atoms. The van der Waals surface area contributed by atoms with E-state index in [-0.39, 0.29) is 47.7 Å². The summed E-state index contributed by atoms with van der Waals surface area (Å²) in [5, 5.41) is 15.5. The third-order valence-electron chi connectivity index (χ3n) is 9.66. The molecule has 1 aliphatic heterocycles. The predicted molar refractivity (Wildman–Crippen MR) is 147 cm³/mol. The number of halogens is 7. The summed E-state index contributed by atoms with van der Waals surface area (Å²) < 4.78 is 93.7. The second-order valence-electron chi connectivity index (χ2n) is 12.1. The molecule has 0 spiro atoms. The Morgan fingerprint density at radius 2 is 1.60 bits per heavy atom. The van der Waals surface area contributed by atoms with Crippen LogP contribution in [0.5, 0.6) is 0 Å². The van der Waals surface area contributed by atoms with E-state index < -0.39 is 28.9 Å². The highest BCUT2D eigenvalue weighted by Gasteiger charge is 2.59. The fourth-order valence-electron chi connectivity index (χ4n) is 7.24. The molecule has 1 heterocycles. The Hall–Kier alpha value is -3.28. The number of benzene rings is 2. The fourth-order valence-corrected chi connectivity index (χ4v) is 7.24. The number of alkyl halides is 6. The normalized spacial score (nSPS) is 27.3. The van der Waals surface area contributed by atoms with Gasteiger partial charge in [0, 0.05) is 29.6 Å². The van der Waals surface area contributed by atoms with E-state index in [0.29, 0.717) is 30.9 Å². The van der Waals surface area contributed by atoms with E-state index in [0.717, 1.165) is 50.0 Å². The Labute approximate surface area is 245 Å². The lowest BCUT2D eigenvalue weighted by molar-refractivity contribution is -0.143. The van der Waals surface area contributed by atoms with Crippen molar-refractivity contribution in [3.05, 3.63) is 82.8 Å². The SMILES string of the molecule is C=C(NCc1cc(C(F)(F)F)cc(C(F)(F)F)c1)C1(C2CC2/C(N)=N/O)CCC(N2CCC(c3ccc(F)cc3)CC2)C1. The van der Waals surface area contributed by atoms with Crippen molar-refractivity contribution in [2.75, 3.05) is 13.1 Å². The van der Waals surface area contributed by atoms with Crippen LogP contribution in [-0.4, -0.2) is 35.1 Å². The lowest BCUT2D eigenvalue weighted by atomic mass is 9.76. The predicted octanol–water partition coefficient (Wildman–Crippen LogP) is 7.27. The van der Waals surface area contributed by atoms with Crippen LogP contribution in [0, 0.1) is 23.1 Å². The monoisotopic (exact) mass is 612 g/mol. The standard InChI is InChI=1S/C31H35F7N4O/c1-18(40-17-19-12-22(30(33,34)35)14-23(13-19)31(36,37)38)29(27-15-26(27)28(39)41-43)9-6-25(16-29)42-10-7-21(8-11-42)20-2-4-24(32)5-3-20/h2-5,12-14,21,25-27,40,43H,1,6-11,15-17H2,(H2,39,41). The largest absolute Gasteiger partial charge is 0.416 e. The number of oxime groups is 1. The molecule has 12 heteroatoms. The molecule has 5 nitrogen and oxygen atoms in total. The third-order valence-corrected chi connectivity index (χ3v) is 9.66. The number of piperidine rings is 1. The molecule has 1 saturated heterocycles. The molecule has 43 heavy (non-hydrogen) atoms. The Balaban J connectivity index is 1.31. The molecule has 3 aliphatic rings. The number of likely N-dealkylation sites (tertiary alicyclic amines) is 1. The molecule has 4 unspecified atom stereocenters. The van der Waals surface area contributed by atoms with Gasteiger partial charge in [-0.2, -0.15) is 26.3 Å². The van der Waals surface area contributed by atoms with Gasteiger partial charge in [0.1, 0.15) is 11.7 Å². The van der Waals surface area contributed by atoms with Crippen LogP contribution in [-0.2, 0) is 18.9 Å². The van der Waals surface area contributed by atoms with Crippen molar-refractivity contribution in [3.8, 4) is 0 Å². The second-order valence-corrected chi connectivity index (χ2v) is 12.1. The minimum Gasteiger partial charge on any atom is -0.409 e. The van der Waals surface area contributed by atoms with Crippen LogP contribution in [0.3, 0.4) is 0 Å². The van der Waals surface area contributed by atoms with Crippen molar-refractivity contribution in [1.82, 2.24) is 10.2 Å². The van der Waals surface area contributed by atoms with Gasteiger partial charge >= 0.3 is 12.4 Å². The minimum absolute atomic E-state index is 0.0163. The maximum atomic E-state index is 13.4. The molecule has 0 aromatic heterocycles. The van der Waals surface area contributed by atoms with Gasteiger partial charge in [0.15, 0.2) is 0 Å². The van der Waals surface area contributed by atoms with E-state index in [1.165, 1.54) is 12.1 Å². The Kier molecular flexibility index (Phi) is 8.45. The summed E-state index contributed by atoms with van der Waals surface area (Å²) in [7, 11) is 0. The number of nitrogens with one attached hydrogen (secondary N) is 1. The highest BCUT2D eigenvalue weighted by atomic mass is 19.4. The molecular weight excluding hydrogens is 577 g/mol. The Morgan fingerprint density at radius 1 is 1.00 bits per heavy atom. The molecule has 0 radical (unpaired) electrons. The molecule has 3 fully saturated rings. The molecule has 2 saturated carbocycles. The van der Waals surface area contributed by atoms with E-state index in [2.05, 4.69) is 22.0 Å². The molecule has 234 valence electrons. The highest BCUT2D eigenvalue weighted by Crippen LogP contribution is 2.62. The minimum atomic E-state index is -4.93. The van der Waals surface area contributed by atoms with Gasteiger partial charge in [0.05, 0.1) is 11.1 Å². The van der Waals surface area contributed by atoms with Crippen molar-refractivity contribution < 1.29 is 35.9 Å². The Morgan fingerprint density at radius 3 is 2.16 bits per heavy atom. The van der Waals surface area contributed by atoms with E-state index >= 15 is 0 Å². The number of allylic oxidation sites excluding steroid dienone is 1. The number of hydrogen-bond donors (Lipinski definition) is 3. The summed E-state index contributed by atoms with van der Waals surface area (Å²) in [5.74, 6) is -0.0266. The van der Waals surface area contributed by atoms with E-state index in [1.54, 1.807) is 0 Å². The maximum absolute atomic E-state index is 13.4. The lowest BCUT2D eigenvalue weighted by Crippen LogP contribution is -2.41. The molecule has 2 aromatic carbocycles.